The average Bonchev–Trinajstić information content (AvgIpc) is 2.37. The fourth-order valence-electron chi connectivity index (χ4n) is 1.33. The summed E-state index contributed by atoms with van der Waals surface area (Å²) < 4.78 is 0. The Labute approximate surface area is 94.7 Å². The Bertz CT molecular complexity index is 360. The molecule has 2 heterocycles. The number of hydrogen-bond acceptors (Lipinski definition) is 4. The Hall–Kier alpha value is -1.78. The fourth-order valence-corrected chi connectivity index (χ4v) is 1.33. The highest BCUT2D eigenvalue weighted by atomic mass is 15.3. The lowest BCUT2D eigenvalue weighted by atomic mass is 10.3. The van der Waals surface area contributed by atoms with Gasteiger partial charge in [-0.25, -0.2) is 0 Å². The van der Waals surface area contributed by atoms with Crippen LogP contribution in [0.2, 0.25) is 0 Å². The quantitative estimate of drug-likeness (QED) is 0.581. The van der Waals surface area contributed by atoms with Gasteiger partial charge in [0.25, 0.3) is 0 Å². The molecule has 0 saturated carbocycles. The van der Waals surface area contributed by atoms with Crippen LogP contribution in [0, 0.1) is 0 Å². The molecule has 0 bridgehead atoms. The third-order valence-electron chi connectivity index (χ3n) is 2.16. The van der Waals surface area contributed by atoms with E-state index >= 15 is 0 Å². The number of nitrogens with one attached hydrogen (secondary N) is 2. The third kappa shape index (κ3) is 3.42. The molecule has 2 aromatic heterocycles. The van der Waals surface area contributed by atoms with Gasteiger partial charge in [0.2, 0.25) is 0 Å². The fraction of sp³-hybridized carbons (Fsp3) is 0.167. The molecule has 0 aliphatic heterocycles. The third-order valence-corrected chi connectivity index (χ3v) is 2.16. The van der Waals surface area contributed by atoms with Gasteiger partial charge in [-0.2, -0.15) is 0 Å². The van der Waals surface area contributed by atoms with Crippen LogP contribution >= 0.6 is 0 Å². The zero-order chi connectivity index (χ0) is 11.1. The predicted molar refractivity (Wildman–Crippen MR) is 62.2 cm³/mol. The van der Waals surface area contributed by atoms with Crippen molar-refractivity contribution in [3.8, 4) is 0 Å². The molecule has 2 N–H and O–H groups in total. The zero-order valence-corrected chi connectivity index (χ0v) is 8.93. The molecule has 0 aliphatic carbocycles. The molecule has 0 saturated heterocycles. The summed E-state index contributed by atoms with van der Waals surface area (Å²) in [5, 5.41) is 0. The van der Waals surface area contributed by atoms with Crippen LogP contribution in [0.4, 0.5) is 0 Å². The normalized spacial score (nSPS) is 10.2. The van der Waals surface area contributed by atoms with E-state index in [4.69, 9.17) is 0 Å². The highest BCUT2D eigenvalue weighted by Crippen LogP contribution is 1.95. The first kappa shape index (κ1) is 10.7. The molecule has 16 heavy (non-hydrogen) atoms. The molecule has 4 heteroatoms. The number of pyridine rings is 2. The Kier molecular flexibility index (Phi) is 3.99. The van der Waals surface area contributed by atoms with Crippen molar-refractivity contribution in [2.24, 2.45) is 0 Å². The van der Waals surface area contributed by atoms with Gasteiger partial charge in [0.1, 0.15) is 0 Å². The standard InChI is InChI=1S/C12H14N4/c1-3-11(7-13-5-1)9-15-16-10-12-4-2-6-14-8-12/h1-8,15-16H,9-10H2. The van der Waals surface area contributed by atoms with E-state index in [1.54, 1.807) is 12.4 Å². The van der Waals surface area contributed by atoms with Gasteiger partial charge < -0.3 is 0 Å². The van der Waals surface area contributed by atoms with Gasteiger partial charge in [-0.1, -0.05) is 12.1 Å². The van der Waals surface area contributed by atoms with Gasteiger partial charge >= 0.3 is 0 Å². The molecule has 0 radical (unpaired) electrons. The zero-order valence-electron chi connectivity index (χ0n) is 8.93. The first-order valence-electron chi connectivity index (χ1n) is 5.19. The Morgan fingerprint density at radius 3 is 1.69 bits per heavy atom. The molecule has 82 valence electrons. The monoisotopic (exact) mass is 214 g/mol. The lowest BCUT2D eigenvalue weighted by molar-refractivity contribution is 0.528. The van der Waals surface area contributed by atoms with Crippen LogP contribution in [0.25, 0.3) is 0 Å². The van der Waals surface area contributed by atoms with E-state index in [1.807, 2.05) is 36.7 Å². The highest BCUT2D eigenvalue weighted by Gasteiger charge is 1.92. The van der Waals surface area contributed by atoms with Crippen molar-refractivity contribution in [1.82, 2.24) is 20.8 Å². The van der Waals surface area contributed by atoms with Crippen LogP contribution in [0.1, 0.15) is 11.1 Å². The summed E-state index contributed by atoms with van der Waals surface area (Å²) in [5.74, 6) is 0. The smallest absolute Gasteiger partial charge is 0.0366 e. The van der Waals surface area contributed by atoms with Gasteiger partial charge in [0.05, 0.1) is 0 Å². The lowest BCUT2D eigenvalue weighted by Crippen LogP contribution is -2.30. The molecule has 0 atom stereocenters. The summed E-state index contributed by atoms with van der Waals surface area (Å²) in [5.41, 5.74) is 8.57. The molecular formula is C12H14N4. The van der Waals surface area contributed by atoms with Crippen molar-refractivity contribution in [2.75, 3.05) is 0 Å². The number of hydrazine groups is 1. The van der Waals surface area contributed by atoms with E-state index < -0.39 is 0 Å². The minimum Gasteiger partial charge on any atom is -0.264 e. The summed E-state index contributed by atoms with van der Waals surface area (Å²) in [6.45, 7) is 1.52. The molecule has 0 unspecified atom stereocenters. The predicted octanol–water partition coefficient (Wildman–Crippen LogP) is 1.27. The number of nitrogens with zero attached hydrogens (tertiary/aromatic N) is 2. The van der Waals surface area contributed by atoms with Crippen LogP contribution in [-0.4, -0.2) is 9.97 Å². The van der Waals surface area contributed by atoms with E-state index in [2.05, 4.69) is 20.8 Å². The van der Waals surface area contributed by atoms with Gasteiger partial charge in [-0.3, -0.25) is 20.8 Å². The SMILES string of the molecule is c1cncc(CNNCc2cccnc2)c1. The van der Waals surface area contributed by atoms with E-state index in [-0.39, 0.29) is 0 Å². The van der Waals surface area contributed by atoms with Gasteiger partial charge in [-0.05, 0) is 23.3 Å². The molecular weight excluding hydrogens is 200 g/mol. The molecule has 2 aromatic rings. The maximum Gasteiger partial charge on any atom is 0.0366 e. The molecule has 0 aromatic carbocycles. The first-order valence-corrected chi connectivity index (χ1v) is 5.19. The summed E-state index contributed by atoms with van der Waals surface area (Å²) in [7, 11) is 0. The molecule has 4 nitrogen and oxygen atoms in total. The van der Waals surface area contributed by atoms with Gasteiger partial charge in [-0.15, -0.1) is 0 Å². The van der Waals surface area contributed by atoms with Crippen LogP contribution in [-0.2, 0) is 13.1 Å². The summed E-state index contributed by atoms with van der Waals surface area (Å²) in [6.07, 6.45) is 7.23. The summed E-state index contributed by atoms with van der Waals surface area (Å²) >= 11 is 0. The highest BCUT2D eigenvalue weighted by molar-refractivity contribution is 5.09. The van der Waals surface area contributed by atoms with Crippen molar-refractivity contribution in [2.45, 2.75) is 13.1 Å². The van der Waals surface area contributed by atoms with Gasteiger partial charge in [0, 0.05) is 37.9 Å². The second-order valence-electron chi connectivity index (χ2n) is 3.43. The number of rotatable bonds is 5. The molecule has 0 fully saturated rings. The second-order valence-corrected chi connectivity index (χ2v) is 3.43. The van der Waals surface area contributed by atoms with E-state index in [1.165, 1.54) is 0 Å². The van der Waals surface area contributed by atoms with Crippen molar-refractivity contribution < 1.29 is 0 Å². The Balaban J connectivity index is 1.70. The maximum atomic E-state index is 4.04. The number of hydrogen-bond donors (Lipinski definition) is 2. The van der Waals surface area contributed by atoms with Gasteiger partial charge in [0.15, 0.2) is 0 Å². The molecule has 0 spiro atoms. The lowest BCUT2D eigenvalue weighted by Gasteiger charge is -2.06. The average molecular weight is 214 g/mol. The van der Waals surface area contributed by atoms with Crippen molar-refractivity contribution in [3.05, 3.63) is 60.2 Å². The Morgan fingerprint density at radius 2 is 1.31 bits per heavy atom. The Morgan fingerprint density at radius 1 is 0.812 bits per heavy atom. The number of aromatic nitrogens is 2. The summed E-state index contributed by atoms with van der Waals surface area (Å²) in [4.78, 5) is 8.09. The van der Waals surface area contributed by atoms with Crippen molar-refractivity contribution in [3.63, 3.8) is 0 Å². The molecule has 0 aliphatic rings. The summed E-state index contributed by atoms with van der Waals surface area (Å²) in [6, 6.07) is 7.92. The maximum absolute atomic E-state index is 4.04. The van der Waals surface area contributed by atoms with Crippen molar-refractivity contribution in [1.29, 1.82) is 0 Å². The van der Waals surface area contributed by atoms with Crippen molar-refractivity contribution >= 4 is 0 Å². The first-order chi connectivity index (χ1) is 7.95. The molecule has 0 amide bonds. The minimum absolute atomic E-state index is 0.758. The van der Waals surface area contributed by atoms with Crippen LogP contribution in [0.15, 0.2) is 49.1 Å². The van der Waals surface area contributed by atoms with E-state index in [0.717, 1.165) is 24.2 Å². The van der Waals surface area contributed by atoms with Crippen LogP contribution in [0.3, 0.4) is 0 Å². The van der Waals surface area contributed by atoms with E-state index in [0.29, 0.717) is 0 Å². The van der Waals surface area contributed by atoms with Crippen LogP contribution in [0.5, 0.6) is 0 Å². The van der Waals surface area contributed by atoms with Crippen LogP contribution < -0.4 is 10.9 Å². The largest absolute Gasteiger partial charge is 0.264 e. The second kappa shape index (κ2) is 5.95. The molecule has 2 rings (SSSR count). The topological polar surface area (TPSA) is 49.8 Å². The minimum atomic E-state index is 0.758. The van der Waals surface area contributed by atoms with E-state index in [9.17, 15) is 0 Å².